The predicted octanol–water partition coefficient (Wildman–Crippen LogP) is 3.02. The van der Waals surface area contributed by atoms with Crippen molar-refractivity contribution in [2.24, 2.45) is 0 Å². The lowest BCUT2D eigenvalue weighted by Gasteiger charge is -2.22. The molecule has 0 saturated heterocycles. The van der Waals surface area contributed by atoms with E-state index in [2.05, 4.69) is 6.92 Å². The number of hydrogen-bond donors (Lipinski definition) is 4. The molecule has 6 nitrogen and oxygen atoms in total. The molecule has 25 heavy (non-hydrogen) atoms. The summed E-state index contributed by atoms with van der Waals surface area (Å²) >= 11 is 0. The predicted molar refractivity (Wildman–Crippen MR) is 89.6 cm³/mol. The van der Waals surface area contributed by atoms with E-state index in [-0.39, 0.29) is 11.1 Å². The number of phenols is 4. The van der Waals surface area contributed by atoms with Crippen LogP contribution in [0.15, 0.2) is 18.2 Å². The van der Waals surface area contributed by atoms with Crippen LogP contribution in [0.3, 0.4) is 0 Å². The SMILES string of the molecule is CCCCCc1cccc2c1C(=O)c1c(O)c(O)c(O)c(O)c1C2=O. The number of fused-ring (bicyclic) bond motifs is 2. The Labute approximate surface area is 144 Å². The van der Waals surface area contributed by atoms with Crippen LogP contribution in [-0.4, -0.2) is 32.0 Å². The molecule has 0 spiro atoms. The fraction of sp³-hybridized carbons (Fsp3) is 0.263. The number of aromatic hydroxyl groups is 4. The van der Waals surface area contributed by atoms with Gasteiger partial charge in [0, 0.05) is 11.1 Å². The van der Waals surface area contributed by atoms with E-state index >= 15 is 0 Å². The number of aryl methyl sites for hydroxylation is 1. The van der Waals surface area contributed by atoms with Crippen molar-refractivity contribution in [1.82, 2.24) is 0 Å². The van der Waals surface area contributed by atoms with Crippen molar-refractivity contribution >= 4 is 11.6 Å². The molecule has 2 aromatic rings. The third-order valence-corrected chi connectivity index (χ3v) is 4.52. The molecular weight excluding hydrogens is 324 g/mol. The fourth-order valence-electron chi connectivity index (χ4n) is 3.23. The van der Waals surface area contributed by atoms with Gasteiger partial charge in [0.25, 0.3) is 0 Å². The van der Waals surface area contributed by atoms with Gasteiger partial charge in [0.1, 0.15) is 0 Å². The topological polar surface area (TPSA) is 115 Å². The molecule has 0 saturated carbocycles. The third kappa shape index (κ3) is 2.41. The molecule has 0 aromatic heterocycles. The molecule has 1 aliphatic rings. The third-order valence-electron chi connectivity index (χ3n) is 4.52. The van der Waals surface area contributed by atoms with Gasteiger partial charge in [0.05, 0.1) is 11.1 Å². The molecule has 130 valence electrons. The highest BCUT2D eigenvalue weighted by Crippen LogP contribution is 2.50. The molecule has 0 radical (unpaired) electrons. The summed E-state index contributed by atoms with van der Waals surface area (Å²) in [7, 11) is 0. The number of unbranched alkanes of at least 4 members (excludes halogenated alkanes) is 2. The number of hydrogen-bond acceptors (Lipinski definition) is 6. The maximum absolute atomic E-state index is 12.9. The summed E-state index contributed by atoms with van der Waals surface area (Å²) < 4.78 is 0. The first-order valence-corrected chi connectivity index (χ1v) is 8.11. The monoisotopic (exact) mass is 342 g/mol. The molecule has 3 rings (SSSR count). The van der Waals surface area contributed by atoms with Gasteiger partial charge >= 0.3 is 0 Å². The second kappa shape index (κ2) is 6.12. The van der Waals surface area contributed by atoms with Crippen molar-refractivity contribution in [3.8, 4) is 23.0 Å². The second-order valence-corrected chi connectivity index (χ2v) is 6.10. The standard InChI is InChI=1S/C19H18O6/c1-2-3-4-6-9-7-5-8-10-11(9)15(21)13-12(14(10)20)16(22)18(24)19(25)17(13)23/h5,7-8,22-25H,2-4,6H2,1H3. The van der Waals surface area contributed by atoms with Crippen molar-refractivity contribution in [1.29, 1.82) is 0 Å². The van der Waals surface area contributed by atoms with E-state index in [9.17, 15) is 30.0 Å². The summed E-state index contributed by atoms with van der Waals surface area (Å²) in [5.74, 6) is -5.20. The maximum atomic E-state index is 12.9. The smallest absolute Gasteiger partial charge is 0.205 e. The van der Waals surface area contributed by atoms with Gasteiger partial charge in [-0.1, -0.05) is 38.0 Å². The van der Waals surface area contributed by atoms with Crippen molar-refractivity contribution in [3.05, 3.63) is 46.0 Å². The lowest BCUT2D eigenvalue weighted by Crippen LogP contribution is -2.23. The van der Waals surface area contributed by atoms with E-state index < -0.39 is 45.7 Å². The Morgan fingerprint density at radius 2 is 1.36 bits per heavy atom. The van der Waals surface area contributed by atoms with E-state index in [1.54, 1.807) is 12.1 Å². The van der Waals surface area contributed by atoms with E-state index in [4.69, 9.17) is 0 Å². The molecule has 0 bridgehead atoms. The molecule has 0 amide bonds. The Morgan fingerprint density at radius 3 is 1.96 bits per heavy atom. The number of benzene rings is 2. The van der Waals surface area contributed by atoms with E-state index in [0.29, 0.717) is 12.0 Å². The zero-order valence-corrected chi connectivity index (χ0v) is 13.7. The number of rotatable bonds is 4. The number of ketones is 2. The summed E-state index contributed by atoms with van der Waals surface area (Å²) in [6, 6.07) is 4.89. The van der Waals surface area contributed by atoms with Crippen LogP contribution in [0.5, 0.6) is 23.0 Å². The van der Waals surface area contributed by atoms with Crippen LogP contribution >= 0.6 is 0 Å². The summed E-state index contributed by atoms with van der Waals surface area (Å²) in [5.41, 5.74) is 0.00726. The Kier molecular flexibility index (Phi) is 4.12. The van der Waals surface area contributed by atoms with Gasteiger partial charge in [-0.25, -0.2) is 0 Å². The van der Waals surface area contributed by atoms with Crippen LogP contribution in [0.1, 0.15) is 63.6 Å². The normalized spacial score (nSPS) is 12.8. The average Bonchev–Trinajstić information content (AvgIpc) is 2.61. The second-order valence-electron chi connectivity index (χ2n) is 6.10. The van der Waals surface area contributed by atoms with Crippen LogP contribution in [-0.2, 0) is 6.42 Å². The maximum Gasteiger partial charge on any atom is 0.205 e. The van der Waals surface area contributed by atoms with Gasteiger partial charge in [0.2, 0.25) is 11.5 Å². The molecule has 4 N–H and O–H groups in total. The molecule has 1 aliphatic carbocycles. The lowest BCUT2D eigenvalue weighted by molar-refractivity contribution is 0.0972. The summed E-state index contributed by atoms with van der Waals surface area (Å²) in [5, 5.41) is 39.5. The summed E-state index contributed by atoms with van der Waals surface area (Å²) in [4.78, 5) is 25.7. The highest BCUT2D eigenvalue weighted by molar-refractivity contribution is 6.31. The van der Waals surface area contributed by atoms with Crippen LogP contribution < -0.4 is 0 Å². The first-order chi connectivity index (χ1) is 11.9. The Hall–Kier alpha value is -3.02. The minimum absolute atomic E-state index is 0.117. The highest BCUT2D eigenvalue weighted by atomic mass is 16.3. The summed E-state index contributed by atoms with van der Waals surface area (Å²) in [6.45, 7) is 2.06. The van der Waals surface area contributed by atoms with Crippen LogP contribution in [0.4, 0.5) is 0 Å². The number of phenolic OH excluding ortho intramolecular Hbond substituents is 4. The molecular formula is C19H18O6. The quantitative estimate of drug-likeness (QED) is 0.329. The summed E-state index contributed by atoms with van der Waals surface area (Å²) in [6.07, 6.45) is 3.43. The molecule has 0 unspecified atom stereocenters. The van der Waals surface area contributed by atoms with Gasteiger partial charge in [-0.15, -0.1) is 0 Å². The lowest BCUT2D eigenvalue weighted by atomic mass is 9.79. The van der Waals surface area contributed by atoms with Crippen molar-refractivity contribution in [2.75, 3.05) is 0 Å². The molecule has 0 fully saturated rings. The zero-order chi connectivity index (χ0) is 18.3. The molecule has 0 heterocycles. The largest absolute Gasteiger partial charge is 0.504 e. The zero-order valence-electron chi connectivity index (χ0n) is 13.7. The minimum atomic E-state index is -1.03. The van der Waals surface area contributed by atoms with Gasteiger partial charge in [0.15, 0.2) is 23.1 Å². The first kappa shape index (κ1) is 16.8. The van der Waals surface area contributed by atoms with Crippen LogP contribution in [0.2, 0.25) is 0 Å². The fourth-order valence-corrected chi connectivity index (χ4v) is 3.23. The van der Waals surface area contributed by atoms with Crippen LogP contribution in [0, 0.1) is 0 Å². The van der Waals surface area contributed by atoms with Crippen molar-refractivity contribution in [3.63, 3.8) is 0 Å². The molecule has 6 heteroatoms. The van der Waals surface area contributed by atoms with E-state index in [0.717, 1.165) is 19.3 Å². The van der Waals surface area contributed by atoms with Gasteiger partial charge in [-0.05, 0) is 18.4 Å². The van der Waals surface area contributed by atoms with Crippen molar-refractivity contribution in [2.45, 2.75) is 32.6 Å². The van der Waals surface area contributed by atoms with E-state index in [1.165, 1.54) is 6.07 Å². The highest BCUT2D eigenvalue weighted by Gasteiger charge is 2.39. The molecule has 0 atom stereocenters. The van der Waals surface area contributed by atoms with E-state index in [1.807, 2.05) is 0 Å². The number of carbonyl (C=O) groups excluding carboxylic acids is 2. The van der Waals surface area contributed by atoms with Gasteiger partial charge in [-0.2, -0.15) is 0 Å². The average molecular weight is 342 g/mol. The van der Waals surface area contributed by atoms with Gasteiger partial charge < -0.3 is 20.4 Å². The Morgan fingerprint density at radius 1 is 0.760 bits per heavy atom. The first-order valence-electron chi connectivity index (χ1n) is 8.11. The minimum Gasteiger partial charge on any atom is -0.504 e. The number of carbonyl (C=O) groups is 2. The van der Waals surface area contributed by atoms with Crippen LogP contribution in [0.25, 0.3) is 0 Å². The Balaban J connectivity index is 2.23. The van der Waals surface area contributed by atoms with Gasteiger partial charge in [-0.3, -0.25) is 9.59 Å². The van der Waals surface area contributed by atoms with Crippen molar-refractivity contribution < 1.29 is 30.0 Å². The Bertz CT molecular complexity index is 898. The molecule has 0 aliphatic heterocycles. The molecule has 2 aromatic carbocycles.